The van der Waals surface area contributed by atoms with E-state index < -0.39 is 0 Å². The van der Waals surface area contributed by atoms with Gasteiger partial charge in [0.2, 0.25) is 0 Å². The van der Waals surface area contributed by atoms with Crippen LogP contribution in [0.3, 0.4) is 0 Å². The van der Waals surface area contributed by atoms with Gasteiger partial charge in [0.15, 0.2) is 0 Å². The fraction of sp³-hybridized carbons (Fsp3) is 0.684. The van der Waals surface area contributed by atoms with Crippen molar-refractivity contribution in [2.45, 2.75) is 63.3 Å². The van der Waals surface area contributed by atoms with Crippen molar-refractivity contribution in [1.29, 1.82) is 0 Å². The molecule has 1 atom stereocenters. The number of hydrogen-bond acceptors (Lipinski definition) is 2. The largest absolute Gasteiger partial charge is 0.493 e. The summed E-state index contributed by atoms with van der Waals surface area (Å²) in [6.07, 6.45) is 11.2. The van der Waals surface area contributed by atoms with Crippen LogP contribution in [0.4, 0.5) is 0 Å². The van der Waals surface area contributed by atoms with Crippen LogP contribution in [-0.2, 0) is 0 Å². The van der Waals surface area contributed by atoms with Gasteiger partial charge in [0.25, 0.3) is 0 Å². The van der Waals surface area contributed by atoms with Crippen molar-refractivity contribution in [1.82, 2.24) is 5.32 Å². The Hall–Kier alpha value is -1.02. The van der Waals surface area contributed by atoms with Crippen LogP contribution in [0.25, 0.3) is 0 Å². The standard InChI is InChI=1S/C19H27NO/c1-4-10-19(11-5-1,14-20-16-8-9-16)12-15-13-21-18-7-3-2-6-17(15)18/h2-3,6-7,15-16,20H,1,4-5,8-14H2. The first-order valence-electron chi connectivity index (χ1n) is 8.80. The Morgan fingerprint density at radius 1 is 1.10 bits per heavy atom. The Bertz CT molecular complexity index is 488. The first-order valence-corrected chi connectivity index (χ1v) is 8.80. The molecule has 1 heterocycles. The summed E-state index contributed by atoms with van der Waals surface area (Å²) in [6, 6.07) is 9.49. The third-order valence-corrected chi connectivity index (χ3v) is 5.74. The Morgan fingerprint density at radius 3 is 2.71 bits per heavy atom. The molecule has 2 saturated carbocycles. The number of benzene rings is 1. The van der Waals surface area contributed by atoms with E-state index in [1.165, 1.54) is 63.5 Å². The van der Waals surface area contributed by atoms with E-state index in [-0.39, 0.29) is 0 Å². The van der Waals surface area contributed by atoms with Gasteiger partial charge in [-0.1, -0.05) is 37.5 Å². The van der Waals surface area contributed by atoms with Gasteiger partial charge in [-0.15, -0.1) is 0 Å². The molecule has 0 radical (unpaired) electrons. The van der Waals surface area contributed by atoms with Gasteiger partial charge in [0.05, 0.1) is 6.61 Å². The van der Waals surface area contributed by atoms with E-state index in [1.54, 1.807) is 0 Å². The molecule has 4 rings (SSSR count). The van der Waals surface area contributed by atoms with E-state index in [2.05, 4.69) is 29.6 Å². The van der Waals surface area contributed by atoms with E-state index >= 15 is 0 Å². The zero-order chi connectivity index (χ0) is 14.1. The molecule has 0 bridgehead atoms. The molecule has 0 aromatic heterocycles. The summed E-state index contributed by atoms with van der Waals surface area (Å²) < 4.78 is 5.92. The Kier molecular flexibility index (Phi) is 3.66. The fourth-order valence-corrected chi connectivity index (χ4v) is 4.32. The first kappa shape index (κ1) is 13.6. The molecule has 1 aliphatic heterocycles. The molecular weight excluding hydrogens is 258 g/mol. The highest BCUT2D eigenvalue weighted by molar-refractivity contribution is 5.39. The van der Waals surface area contributed by atoms with Crippen molar-refractivity contribution in [2.24, 2.45) is 5.41 Å². The lowest BCUT2D eigenvalue weighted by Crippen LogP contribution is -2.38. The minimum absolute atomic E-state index is 0.520. The molecule has 21 heavy (non-hydrogen) atoms. The summed E-state index contributed by atoms with van der Waals surface area (Å²) >= 11 is 0. The van der Waals surface area contributed by atoms with Crippen LogP contribution < -0.4 is 10.1 Å². The Morgan fingerprint density at radius 2 is 1.90 bits per heavy atom. The van der Waals surface area contributed by atoms with E-state index in [1.807, 2.05) is 0 Å². The van der Waals surface area contributed by atoms with Gasteiger partial charge in [-0.05, 0) is 43.6 Å². The van der Waals surface area contributed by atoms with Crippen LogP contribution in [0.5, 0.6) is 5.75 Å². The molecular formula is C19H27NO. The second-order valence-corrected chi connectivity index (χ2v) is 7.47. The fourth-order valence-electron chi connectivity index (χ4n) is 4.32. The van der Waals surface area contributed by atoms with Crippen LogP contribution in [-0.4, -0.2) is 19.2 Å². The smallest absolute Gasteiger partial charge is 0.122 e. The van der Waals surface area contributed by atoms with Gasteiger partial charge < -0.3 is 10.1 Å². The van der Waals surface area contributed by atoms with Crippen molar-refractivity contribution in [3.8, 4) is 5.75 Å². The second-order valence-electron chi connectivity index (χ2n) is 7.47. The predicted molar refractivity (Wildman–Crippen MR) is 85.8 cm³/mol. The van der Waals surface area contributed by atoms with Crippen LogP contribution >= 0.6 is 0 Å². The average Bonchev–Trinajstić information content (AvgIpc) is 3.28. The van der Waals surface area contributed by atoms with E-state index in [4.69, 9.17) is 4.74 Å². The lowest BCUT2D eigenvalue weighted by Gasteiger charge is -2.39. The molecule has 0 amide bonds. The summed E-state index contributed by atoms with van der Waals surface area (Å²) in [5.41, 5.74) is 1.97. The lowest BCUT2D eigenvalue weighted by atomic mass is 9.68. The van der Waals surface area contributed by atoms with Gasteiger partial charge in [-0.25, -0.2) is 0 Å². The van der Waals surface area contributed by atoms with Gasteiger partial charge in [0.1, 0.15) is 5.75 Å². The highest BCUT2D eigenvalue weighted by atomic mass is 16.5. The minimum Gasteiger partial charge on any atom is -0.493 e. The Labute approximate surface area is 128 Å². The third-order valence-electron chi connectivity index (χ3n) is 5.74. The molecule has 1 unspecified atom stereocenters. The number of fused-ring (bicyclic) bond motifs is 1. The summed E-state index contributed by atoms with van der Waals surface area (Å²) in [7, 11) is 0. The van der Waals surface area contributed by atoms with Gasteiger partial charge in [-0.2, -0.15) is 0 Å². The predicted octanol–water partition coefficient (Wildman–Crippen LogP) is 4.26. The molecule has 0 spiro atoms. The molecule has 2 aliphatic carbocycles. The van der Waals surface area contributed by atoms with Crippen LogP contribution in [0, 0.1) is 5.41 Å². The van der Waals surface area contributed by atoms with Gasteiger partial charge in [0, 0.05) is 24.1 Å². The molecule has 2 fully saturated rings. The number of ether oxygens (including phenoxy) is 1. The number of hydrogen-bond donors (Lipinski definition) is 1. The lowest BCUT2D eigenvalue weighted by molar-refractivity contribution is 0.145. The van der Waals surface area contributed by atoms with Crippen LogP contribution in [0.2, 0.25) is 0 Å². The maximum atomic E-state index is 5.92. The van der Waals surface area contributed by atoms with Crippen molar-refractivity contribution in [3.63, 3.8) is 0 Å². The van der Waals surface area contributed by atoms with E-state index in [9.17, 15) is 0 Å². The van der Waals surface area contributed by atoms with Crippen molar-refractivity contribution in [3.05, 3.63) is 29.8 Å². The molecule has 2 nitrogen and oxygen atoms in total. The second kappa shape index (κ2) is 5.64. The molecule has 1 N–H and O–H groups in total. The van der Waals surface area contributed by atoms with Crippen molar-refractivity contribution < 1.29 is 4.74 Å². The first-order chi connectivity index (χ1) is 10.3. The monoisotopic (exact) mass is 285 g/mol. The number of para-hydroxylation sites is 1. The highest BCUT2D eigenvalue weighted by Gasteiger charge is 2.38. The maximum Gasteiger partial charge on any atom is 0.122 e. The highest BCUT2D eigenvalue weighted by Crippen LogP contribution is 2.47. The van der Waals surface area contributed by atoms with Crippen molar-refractivity contribution in [2.75, 3.05) is 13.2 Å². The van der Waals surface area contributed by atoms with E-state index in [0.717, 1.165) is 18.4 Å². The van der Waals surface area contributed by atoms with Crippen molar-refractivity contribution >= 4 is 0 Å². The summed E-state index contributed by atoms with van der Waals surface area (Å²) in [4.78, 5) is 0. The summed E-state index contributed by atoms with van der Waals surface area (Å²) in [5, 5.41) is 3.82. The normalized spacial score (nSPS) is 27.1. The SMILES string of the molecule is c1ccc2c(c1)OCC2CC1(CNC2CC2)CCCCC1. The molecule has 114 valence electrons. The topological polar surface area (TPSA) is 21.3 Å². The molecule has 2 heteroatoms. The Balaban J connectivity index is 1.48. The molecule has 1 aromatic rings. The molecule has 0 saturated heterocycles. The zero-order valence-corrected chi connectivity index (χ0v) is 12.9. The van der Waals surface area contributed by atoms with Crippen LogP contribution in [0.1, 0.15) is 62.8 Å². The zero-order valence-electron chi connectivity index (χ0n) is 12.9. The van der Waals surface area contributed by atoms with Gasteiger partial charge in [-0.3, -0.25) is 0 Å². The quantitative estimate of drug-likeness (QED) is 0.873. The maximum absolute atomic E-state index is 5.92. The molecule has 3 aliphatic rings. The minimum atomic E-state index is 0.520. The van der Waals surface area contributed by atoms with E-state index in [0.29, 0.717) is 11.3 Å². The van der Waals surface area contributed by atoms with Crippen LogP contribution in [0.15, 0.2) is 24.3 Å². The summed E-state index contributed by atoms with van der Waals surface area (Å²) in [6.45, 7) is 2.13. The van der Waals surface area contributed by atoms with Gasteiger partial charge >= 0.3 is 0 Å². The number of rotatable bonds is 5. The number of nitrogens with one attached hydrogen (secondary N) is 1. The molecule has 1 aromatic carbocycles. The third kappa shape index (κ3) is 2.96. The average molecular weight is 285 g/mol. The summed E-state index contributed by atoms with van der Waals surface area (Å²) in [5.74, 6) is 1.74.